The van der Waals surface area contributed by atoms with Crippen molar-refractivity contribution in [1.29, 1.82) is 0 Å². The molecule has 0 bridgehead atoms. The van der Waals surface area contributed by atoms with E-state index < -0.39 is 0 Å². The van der Waals surface area contributed by atoms with E-state index in [0.717, 1.165) is 57.0 Å². The van der Waals surface area contributed by atoms with E-state index in [9.17, 15) is 0 Å². The molecule has 0 N–H and O–H groups in total. The van der Waals surface area contributed by atoms with Crippen molar-refractivity contribution in [3.05, 3.63) is 226 Å². The van der Waals surface area contributed by atoms with E-state index in [1.807, 2.05) is 23.5 Å². The summed E-state index contributed by atoms with van der Waals surface area (Å²) in [5, 5.41) is 0. The maximum Gasteiger partial charge on any atom is 0.180 e. The van der Waals surface area contributed by atoms with Crippen molar-refractivity contribution in [3.63, 3.8) is 0 Å². The lowest BCUT2D eigenvalue weighted by molar-refractivity contribution is 0.173. The largest absolute Gasteiger partial charge is 0.485 e. The molecular weight excluding hydrogens is 977 g/mol. The molecule has 1 aliphatic heterocycles. The van der Waals surface area contributed by atoms with Crippen LogP contribution in [-0.4, -0.2) is 13.2 Å². The van der Waals surface area contributed by atoms with Crippen molar-refractivity contribution in [2.45, 2.75) is 127 Å². The van der Waals surface area contributed by atoms with Gasteiger partial charge in [0.1, 0.15) is 13.2 Å². The van der Waals surface area contributed by atoms with Gasteiger partial charge in [0.05, 0.1) is 4.88 Å². The third-order valence-corrected chi connectivity index (χ3v) is 14.6. The average molecular weight is 1060 g/mol. The first-order valence-electron chi connectivity index (χ1n) is 28.0. The number of nitrogens with zero attached hydrogens (tertiary/aromatic N) is 2. The number of hydrogen-bond donors (Lipinski definition) is 0. The molecule has 0 fully saturated rings. The maximum absolute atomic E-state index is 5.92. The lowest BCUT2D eigenvalue weighted by Crippen LogP contribution is -2.23. The van der Waals surface area contributed by atoms with Gasteiger partial charge in [0.2, 0.25) is 0 Å². The van der Waals surface area contributed by atoms with Gasteiger partial charge in [-0.2, -0.15) is 0 Å². The summed E-state index contributed by atoms with van der Waals surface area (Å²) >= 11 is 3.60. The molecule has 402 valence electrons. The maximum atomic E-state index is 5.92. The second-order valence-corrected chi connectivity index (χ2v) is 22.6. The zero-order chi connectivity index (χ0) is 55.2. The van der Waals surface area contributed by atoms with Crippen LogP contribution in [0.4, 0.5) is 22.7 Å². The SMILES string of the molecule is CCC.CCC.CCC.CCC.Cc1ccc(-c2ccc3c(c2)C(C)(C)c2cc(N(Cc4ccccc4)Cc4ccccc4)ccc2-3)s1.Cc1sc(-c2ccc(N(c3ccccc3)c3ccccc3)cc2)c2c1OCCO2. The topological polar surface area (TPSA) is 24.9 Å². The van der Waals surface area contributed by atoms with Gasteiger partial charge < -0.3 is 19.3 Å². The van der Waals surface area contributed by atoms with E-state index in [1.165, 1.54) is 80.1 Å². The van der Waals surface area contributed by atoms with Gasteiger partial charge in [-0.1, -0.05) is 222 Å². The number of aryl methyl sites for hydroxylation is 2. The van der Waals surface area contributed by atoms with Crippen molar-refractivity contribution in [2.24, 2.45) is 0 Å². The third kappa shape index (κ3) is 15.6. The Morgan fingerprint density at radius 1 is 0.429 bits per heavy atom. The smallest absolute Gasteiger partial charge is 0.180 e. The number of rotatable bonds is 10. The highest BCUT2D eigenvalue weighted by Crippen LogP contribution is 2.52. The van der Waals surface area contributed by atoms with Gasteiger partial charge in [0.25, 0.3) is 0 Å². The van der Waals surface area contributed by atoms with Gasteiger partial charge >= 0.3 is 0 Å². The Morgan fingerprint density at radius 2 is 0.844 bits per heavy atom. The fraction of sp³-hybridized carbons (Fsp3) is 0.296. The van der Waals surface area contributed by atoms with Gasteiger partial charge in [0.15, 0.2) is 11.5 Å². The first-order valence-corrected chi connectivity index (χ1v) is 29.7. The number of hydrogen-bond acceptors (Lipinski definition) is 6. The summed E-state index contributed by atoms with van der Waals surface area (Å²) in [4.78, 5) is 9.76. The van der Waals surface area contributed by atoms with Gasteiger partial charge in [-0.15, -0.1) is 22.7 Å². The zero-order valence-electron chi connectivity index (χ0n) is 48.2. The van der Waals surface area contributed by atoms with E-state index in [4.69, 9.17) is 9.47 Å². The molecule has 0 saturated carbocycles. The van der Waals surface area contributed by atoms with Crippen LogP contribution in [0.1, 0.15) is 127 Å². The highest BCUT2D eigenvalue weighted by Gasteiger charge is 2.36. The van der Waals surface area contributed by atoms with Crippen molar-refractivity contribution in [1.82, 2.24) is 0 Å². The molecule has 0 unspecified atom stereocenters. The molecule has 0 radical (unpaired) electrons. The summed E-state index contributed by atoms with van der Waals surface area (Å²) in [6.07, 6.45) is 5.00. The third-order valence-electron chi connectivity index (χ3n) is 12.5. The Morgan fingerprint density at radius 3 is 1.32 bits per heavy atom. The molecule has 0 atom stereocenters. The Balaban J connectivity index is 0.000000210. The van der Waals surface area contributed by atoms with Crippen LogP contribution in [0.25, 0.3) is 32.0 Å². The number of fused-ring (bicyclic) bond motifs is 4. The van der Waals surface area contributed by atoms with E-state index in [0.29, 0.717) is 13.2 Å². The van der Waals surface area contributed by atoms with Crippen LogP contribution in [0, 0.1) is 13.8 Å². The van der Waals surface area contributed by atoms with Crippen LogP contribution in [0.2, 0.25) is 0 Å². The lowest BCUT2D eigenvalue weighted by Gasteiger charge is -2.28. The van der Waals surface area contributed by atoms with E-state index in [2.05, 4.69) is 275 Å². The summed E-state index contributed by atoms with van der Waals surface area (Å²) < 4.78 is 11.7. The molecule has 11 rings (SSSR count). The van der Waals surface area contributed by atoms with Crippen LogP contribution in [0.3, 0.4) is 0 Å². The molecule has 1 aliphatic carbocycles. The normalized spacial score (nSPS) is 11.9. The number of anilines is 4. The molecule has 3 heterocycles. The highest BCUT2D eigenvalue weighted by atomic mass is 32.1. The molecule has 7 aromatic carbocycles. The fourth-order valence-electron chi connectivity index (χ4n) is 9.16. The quantitative estimate of drug-likeness (QED) is 0.136. The van der Waals surface area contributed by atoms with Crippen molar-refractivity contribution < 1.29 is 9.47 Å². The standard InChI is InChI=1S/C34H31NS.C25H21NO2S.4C3H8/c1-24-14-19-33(36-24)27-15-17-29-30-18-16-28(21-32(30)34(2,3)31(29)20-27)35(22-25-10-6-4-7-11-25)23-26-12-8-5-9-13-26;1-18-23-24(28-17-16-27-23)25(29-18)19-12-14-22(15-13-19)26(20-8-4-2-5-9-20)21-10-6-3-7-11-21;4*1-3-2/h4-21H,22-23H2,1-3H3;2-15H,16-17H2,1H3;4*3H2,1-2H3. The van der Waals surface area contributed by atoms with E-state index in [1.54, 1.807) is 11.3 Å². The van der Waals surface area contributed by atoms with Crippen LogP contribution in [0.15, 0.2) is 194 Å². The molecular formula is C71H84N2O2S2. The lowest BCUT2D eigenvalue weighted by atomic mass is 9.81. The minimum absolute atomic E-state index is 0.0475. The van der Waals surface area contributed by atoms with Gasteiger partial charge in [0, 0.05) is 55.9 Å². The summed E-state index contributed by atoms with van der Waals surface area (Å²) in [7, 11) is 0. The summed E-state index contributed by atoms with van der Waals surface area (Å²) in [6, 6.07) is 69.7. The van der Waals surface area contributed by atoms with Gasteiger partial charge in [-0.3, -0.25) is 0 Å². The summed E-state index contributed by atoms with van der Waals surface area (Å²) in [6.45, 7) is 29.0. The molecule has 2 aromatic heterocycles. The van der Waals surface area contributed by atoms with E-state index in [-0.39, 0.29) is 5.41 Å². The van der Waals surface area contributed by atoms with Crippen LogP contribution >= 0.6 is 22.7 Å². The molecule has 4 nitrogen and oxygen atoms in total. The molecule has 0 saturated heterocycles. The zero-order valence-corrected chi connectivity index (χ0v) is 49.8. The Labute approximate surface area is 472 Å². The van der Waals surface area contributed by atoms with Crippen molar-refractivity contribution in [3.8, 4) is 43.5 Å². The number of ether oxygens (including phenoxy) is 2. The Bertz CT molecular complexity index is 3020. The Kier molecular flexibility index (Phi) is 23.3. The summed E-state index contributed by atoms with van der Waals surface area (Å²) in [5.74, 6) is 1.78. The average Bonchev–Trinajstić information content (AvgIpc) is 4.17. The van der Waals surface area contributed by atoms with Crippen molar-refractivity contribution in [2.75, 3.05) is 23.0 Å². The second kappa shape index (κ2) is 30.2. The first-order chi connectivity index (χ1) is 37.5. The Hall–Kier alpha value is -6.86. The molecule has 6 heteroatoms. The molecule has 0 amide bonds. The van der Waals surface area contributed by atoms with Crippen molar-refractivity contribution >= 4 is 45.4 Å². The molecule has 2 aliphatic rings. The summed E-state index contributed by atoms with van der Waals surface area (Å²) in [5.41, 5.74) is 15.3. The van der Waals surface area contributed by atoms with Gasteiger partial charge in [-0.25, -0.2) is 0 Å². The number of thiophene rings is 2. The second-order valence-electron chi connectivity index (χ2n) is 20.1. The number of para-hydroxylation sites is 2. The van der Waals surface area contributed by atoms with Crippen LogP contribution in [0.5, 0.6) is 11.5 Å². The predicted molar refractivity (Wildman–Crippen MR) is 339 cm³/mol. The monoisotopic (exact) mass is 1060 g/mol. The highest BCUT2D eigenvalue weighted by molar-refractivity contribution is 7.16. The minimum atomic E-state index is -0.0475. The first kappa shape index (κ1) is 59.4. The molecule has 9 aromatic rings. The molecule has 0 spiro atoms. The van der Waals surface area contributed by atoms with Crippen LogP contribution in [-0.2, 0) is 18.5 Å². The number of benzene rings is 7. The predicted octanol–water partition coefficient (Wildman–Crippen LogP) is 21.9. The molecule has 77 heavy (non-hydrogen) atoms. The van der Waals surface area contributed by atoms with Gasteiger partial charge in [-0.05, 0) is 125 Å². The van der Waals surface area contributed by atoms with Crippen LogP contribution < -0.4 is 19.3 Å². The minimum Gasteiger partial charge on any atom is -0.485 e. The fourth-order valence-corrected chi connectivity index (χ4v) is 11.1. The van der Waals surface area contributed by atoms with E-state index >= 15 is 0 Å².